The SMILES string of the molecule is O=C(O)c1c(C=Cc2cccc(OC(F)F)c2OC2CCCC2)nc2sccn12. The number of carboxylic acids is 1. The average Bonchev–Trinajstić information content (AvgIpc) is 3.38. The Morgan fingerprint density at radius 1 is 1.31 bits per heavy atom. The zero-order chi connectivity index (χ0) is 20.4. The number of halogens is 2. The van der Waals surface area contributed by atoms with Gasteiger partial charge in [0.15, 0.2) is 22.2 Å². The van der Waals surface area contributed by atoms with Crippen LogP contribution in [0.15, 0.2) is 29.8 Å². The van der Waals surface area contributed by atoms with Gasteiger partial charge in [0.05, 0.1) is 11.8 Å². The molecule has 2 heterocycles. The predicted molar refractivity (Wildman–Crippen MR) is 105 cm³/mol. The molecule has 29 heavy (non-hydrogen) atoms. The van der Waals surface area contributed by atoms with Gasteiger partial charge in [0.25, 0.3) is 0 Å². The first kappa shape index (κ1) is 19.4. The number of hydrogen-bond acceptors (Lipinski definition) is 5. The lowest BCUT2D eigenvalue weighted by Gasteiger charge is -2.18. The Labute approximate surface area is 169 Å². The van der Waals surface area contributed by atoms with Crippen LogP contribution in [-0.2, 0) is 0 Å². The van der Waals surface area contributed by atoms with Crippen LogP contribution < -0.4 is 9.47 Å². The fourth-order valence-electron chi connectivity index (χ4n) is 3.45. The molecule has 1 saturated carbocycles. The van der Waals surface area contributed by atoms with Crippen molar-refractivity contribution in [2.45, 2.75) is 38.4 Å². The van der Waals surface area contributed by atoms with Crippen LogP contribution in [0.1, 0.15) is 47.4 Å². The Balaban J connectivity index is 1.71. The minimum absolute atomic E-state index is 0.0377. The highest BCUT2D eigenvalue weighted by molar-refractivity contribution is 7.15. The largest absolute Gasteiger partial charge is 0.486 e. The summed E-state index contributed by atoms with van der Waals surface area (Å²) in [5, 5.41) is 11.3. The van der Waals surface area contributed by atoms with E-state index < -0.39 is 12.6 Å². The van der Waals surface area contributed by atoms with Crippen LogP contribution >= 0.6 is 11.3 Å². The molecule has 3 aromatic rings. The summed E-state index contributed by atoms with van der Waals surface area (Å²) in [6.07, 6.45) is 8.51. The van der Waals surface area contributed by atoms with Gasteiger partial charge in [0.2, 0.25) is 0 Å². The highest BCUT2D eigenvalue weighted by Gasteiger charge is 2.22. The lowest BCUT2D eigenvalue weighted by atomic mass is 10.1. The molecule has 6 nitrogen and oxygen atoms in total. The van der Waals surface area contributed by atoms with Crippen LogP contribution in [0.5, 0.6) is 11.5 Å². The van der Waals surface area contributed by atoms with Gasteiger partial charge in [-0.3, -0.25) is 4.40 Å². The minimum Gasteiger partial charge on any atom is -0.486 e. The Morgan fingerprint density at radius 3 is 2.83 bits per heavy atom. The van der Waals surface area contributed by atoms with Crippen molar-refractivity contribution >= 4 is 34.4 Å². The van der Waals surface area contributed by atoms with Gasteiger partial charge in [-0.2, -0.15) is 8.78 Å². The lowest BCUT2D eigenvalue weighted by molar-refractivity contribution is -0.0520. The number of hydrogen-bond donors (Lipinski definition) is 1. The molecule has 2 aromatic heterocycles. The highest BCUT2D eigenvalue weighted by Crippen LogP contribution is 2.37. The summed E-state index contributed by atoms with van der Waals surface area (Å²) < 4.78 is 37.8. The van der Waals surface area contributed by atoms with Crippen molar-refractivity contribution in [3.05, 3.63) is 46.7 Å². The maximum atomic E-state index is 12.8. The topological polar surface area (TPSA) is 73.1 Å². The van der Waals surface area contributed by atoms with Crippen LogP contribution in [0.4, 0.5) is 8.78 Å². The Kier molecular flexibility index (Phi) is 5.48. The smallest absolute Gasteiger partial charge is 0.387 e. The quantitative estimate of drug-likeness (QED) is 0.570. The Hall–Kier alpha value is -2.94. The molecule has 0 unspecified atom stereocenters. The Bertz CT molecular complexity index is 1050. The van der Waals surface area contributed by atoms with Gasteiger partial charge in [-0.25, -0.2) is 9.78 Å². The number of aromatic carboxylic acids is 1. The number of para-hydroxylation sites is 1. The van der Waals surface area contributed by atoms with Crippen molar-refractivity contribution in [3.8, 4) is 11.5 Å². The number of carbonyl (C=O) groups is 1. The Morgan fingerprint density at radius 2 is 2.10 bits per heavy atom. The second kappa shape index (κ2) is 8.20. The van der Waals surface area contributed by atoms with Crippen molar-refractivity contribution in [1.29, 1.82) is 0 Å². The summed E-state index contributed by atoms with van der Waals surface area (Å²) in [6.45, 7) is -2.97. The van der Waals surface area contributed by atoms with Crippen LogP contribution in [-0.4, -0.2) is 33.2 Å². The molecule has 1 aliphatic carbocycles. The van der Waals surface area contributed by atoms with Crippen molar-refractivity contribution in [3.63, 3.8) is 0 Å². The normalized spacial score (nSPS) is 15.0. The lowest BCUT2D eigenvalue weighted by Crippen LogP contribution is -2.13. The molecule has 0 amide bonds. The third kappa shape index (κ3) is 4.09. The first-order valence-corrected chi connectivity index (χ1v) is 10.0. The number of thiazole rings is 1. The fraction of sp³-hybridized carbons (Fsp3) is 0.300. The number of nitrogens with zero attached hydrogens (tertiary/aromatic N) is 2. The molecular weight excluding hydrogens is 402 g/mol. The zero-order valence-electron chi connectivity index (χ0n) is 15.3. The number of fused-ring (bicyclic) bond motifs is 1. The maximum absolute atomic E-state index is 12.8. The van der Waals surface area contributed by atoms with E-state index in [0.717, 1.165) is 25.7 Å². The molecule has 1 N–H and O–H groups in total. The number of benzene rings is 1. The van der Waals surface area contributed by atoms with E-state index in [1.165, 1.54) is 21.8 Å². The average molecular weight is 420 g/mol. The van der Waals surface area contributed by atoms with Crippen LogP contribution in [0.25, 0.3) is 17.1 Å². The van der Waals surface area contributed by atoms with Crippen molar-refractivity contribution in [2.75, 3.05) is 0 Å². The molecule has 152 valence electrons. The van der Waals surface area contributed by atoms with Crippen molar-refractivity contribution < 1.29 is 28.2 Å². The fourth-order valence-corrected chi connectivity index (χ4v) is 4.17. The van der Waals surface area contributed by atoms with Crippen LogP contribution in [0.2, 0.25) is 0 Å². The van der Waals surface area contributed by atoms with E-state index in [0.29, 0.717) is 10.5 Å². The minimum atomic E-state index is -2.97. The third-order valence-electron chi connectivity index (χ3n) is 4.72. The molecule has 0 saturated heterocycles. The summed E-state index contributed by atoms with van der Waals surface area (Å²) >= 11 is 1.32. The number of ether oxygens (including phenoxy) is 2. The molecular formula is C20H18F2N2O4S. The van der Waals surface area contributed by atoms with Gasteiger partial charge in [-0.15, -0.1) is 11.3 Å². The van der Waals surface area contributed by atoms with E-state index in [2.05, 4.69) is 9.72 Å². The van der Waals surface area contributed by atoms with E-state index >= 15 is 0 Å². The summed E-state index contributed by atoms with van der Waals surface area (Å²) in [7, 11) is 0. The van der Waals surface area contributed by atoms with E-state index in [4.69, 9.17) is 4.74 Å². The van der Waals surface area contributed by atoms with E-state index in [1.807, 2.05) is 0 Å². The van der Waals surface area contributed by atoms with Crippen molar-refractivity contribution in [2.24, 2.45) is 0 Å². The first-order chi connectivity index (χ1) is 14.0. The van der Waals surface area contributed by atoms with Crippen molar-refractivity contribution in [1.82, 2.24) is 9.38 Å². The number of carboxylic acid groups (broad SMARTS) is 1. The third-order valence-corrected chi connectivity index (χ3v) is 5.48. The highest BCUT2D eigenvalue weighted by atomic mass is 32.1. The standard InChI is InChI=1S/C20H18F2N2O4S/c21-19(22)28-15-7-3-4-12(17(15)27-13-5-1-2-6-13)8-9-14-16(18(25)26)24-10-11-29-20(24)23-14/h3-4,7-11,13,19H,1-2,5-6H2,(H,25,26). The zero-order valence-corrected chi connectivity index (χ0v) is 16.1. The van der Waals surface area contributed by atoms with Gasteiger partial charge in [-0.1, -0.05) is 12.1 Å². The number of alkyl halides is 2. The molecule has 1 aliphatic rings. The van der Waals surface area contributed by atoms with Crippen LogP contribution in [0, 0.1) is 0 Å². The molecule has 4 rings (SSSR count). The molecule has 0 aliphatic heterocycles. The summed E-state index contributed by atoms with van der Waals surface area (Å²) in [4.78, 5) is 16.5. The number of rotatable bonds is 7. The molecule has 1 fully saturated rings. The van der Waals surface area contributed by atoms with Gasteiger partial charge in [-0.05, 0) is 43.9 Å². The molecule has 0 spiro atoms. The van der Waals surface area contributed by atoms with Gasteiger partial charge in [0.1, 0.15) is 0 Å². The summed E-state index contributed by atoms with van der Waals surface area (Å²) in [5.41, 5.74) is 0.829. The predicted octanol–water partition coefficient (Wildman–Crippen LogP) is 5.19. The van der Waals surface area contributed by atoms with Gasteiger partial charge in [0, 0.05) is 17.1 Å². The second-order valence-electron chi connectivity index (χ2n) is 6.62. The second-order valence-corrected chi connectivity index (χ2v) is 7.49. The number of aromatic nitrogens is 2. The molecule has 9 heteroatoms. The van der Waals surface area contributed by atoms with E-state index in [1.54, 1.807) is 35.9 Å². The molecule has 0 radical (unpaired) electrons. The maximum Gasteiger partial charge on any atom is 0.387 e. The molecule has 1 aromatic carbocycles. The monoisotopic (exact) mass is 420 g/mol. The summed E-state index contributed by atoms with van der Waals surface area (Å²) in [6, 6.07) is 4.73. The molecule has 0 bridgehead atoms. The van der Waals surface area contributed by atoms with Crippen LogP contribution in [0.3, 0.4) is 0 Å². The summed E-state index contributed by atoms with van der Waals surface area (Å²) in [5.74, 6) is -0.917. The molecule has 0 atom stereocenters. The van der Waals surface area contributed by atoms with Gasteiger partial charge >= 0.3 is 12.6 Å². The van der Waals surface area contributed by atoms with Gasteiger partial charge < -0.3 is 14.6 Å². The first-order valence-electron chi connectivity index (χ1n) is 9.14. The van der Waals surface area contributed by atoms with E-state index in [9.17, 15) is 18.7 Å². The number of imidazole rings is 1. The van der Waals surface area contributed by atoms with E-state index in [-0.39, 0.29) is 29.0 Å².